The van der Waals surface area contributed by atoms with Crippen molar-refractivity contribution in [2.75, 3.05) is 18.1 Å². The van der Waals surface area contributed by atoms with Gasteiger partial charge in [0.05, 0.1) is 25.2 Å². The molecule has 4 aliphatic rings. The van der Waals surface area contributed by atoms with Gasteiger partial charge in [0.1, 0.15) is 12.2 Å². The van der Waals surface area contributed by atoms with Crippen LogP contribution in [0, 0.1) is 12.3 Å². The zero-order valence-electron chi connectivity index (χ0n) is 22.0. The average Bonchev–Trinajstić information content (AvgIpc) is 3.39. The Morgan fingerprint density at radius 3 is 2.59 bits per heavy atom. The Labute approximate surface area is 218 Å². The van der Waals surface area contributed by atoms with Gasteiger partial charge in [-0.3, -0.25) is 4.79 Å². The Morgan fingerprint density at radius 2 is 1.95 bits per heavy atom. The van der Waals surface area contributed by atoms with Crippen LogP contribution in [0.2, 0.25) is 0 Å². The summed E-state index contributed by atoms with van der Waals surface area (Å²) in [5.41, 5.74) is 6.83. The van der Waals surface area contributed by atoms with Crippen LogP contribution in [0.3, 0.4) is 0 Å². The molecule has 2 aromatic carbocycles. The molecule has 1 saturated heterocycles. The molecule has 0 atom stereocenters. The summed E-state index contributed by atoms with van der Waals surface area (Å²) >= 11 is 0. The van der Waals surface area contributed by atoms with Crippen LogP contribution in [0.1, 0.15) is 77.5 Å². The summed E-state index contributed by atoms with van der Waals surface area (Å²) in [4.78, 5) is 15.7. The number of carbonyl (C=O) groups is 1. The number of anilines is 1. The van der Waals surface area contributed by atoms with Crippen molar-refractivity contribution in [3.63, 3.8) is 0 Å². The van der Waals surface area contributed by atoms with E-state index in [1.54, 1.807) is 6.33 Å². The Kier molecular flexibility index (Phi) is 4.99. The maximum absolute atomic E-state index is 13.7. The van der Waals surface area contributed by atoms with Crippen LogP contribution in [0.15, 0.2) is 42.7 Å². The molecule has 2 aliphatic carbocycles. The van der Waals surface area contributed by atoms with E-state index in [9.17, 15) is 4.79 Å². The number of fused-ring (bicyclic) bond motifs is 1. The maximum Gasteiger partial charge on any atom is 0.258 e. The molecule has 7 heteroatoms. The normalized spacial score (nSPS) is 22.4. The van der Waals surface area contributed by atoms with Crippen LogP contribution in [0.25, 0.3) is 0 Å². The third-order valence-electron chi connectivity index (χ3n) is 9.52. The molecule has 1 N–H and O–H groups in total. The highest BCUT2D eigenvalue weighted by Gasteiger charge is 2.61. The third kappa shape index (κ3) is 3.51. The first-order chi connectivity index (χ1) is 17.8. The number of carbonyl (C=O) groups excluding carboxylic acids is 1. The van der Waals surface area contributed by atoms with E-state index in [1.165, 1.54) is 36.0 Å². The summed E-state index contributed by atoms with van der Waals surface area (Å²) in [6, 6.07) is 12.9. The van der Waals surface area contributed by atoms with Crippen LogP contribution in [0.5, 0.6) is 0 Å². The molecule has 1 amide bonds. The van der Waals surface area contributed by atoms with E-state index in [0.29, 0.717) is 6.54 Å². The van der Waals surface area contributed by atoms with Crippen molar-refractivity contribution in [3.05, 3.63) is 76.4 Å². The van der Waals surface area contributed by atoms with Gasteiger partial charge in [0.15, 0.2) is 0 Å². The summed E-state index contributed by atoms with van der Waals surface area (Å²) in [6.07, 6.45) is 7.53. The molecule has 3 fully saturated rings. The van der Waals surface area contributed by atoms with E-state index < -0.39 is 0 Å². The van der Waals surface area contributed by atoms with E-state index in [1.807, 2.05) is 16.5 Å². The summed E-state index contributed by atoms with van der Waals surface area (Å²) in [6.45, 7) is 7.50. The first-order valence-corrected chi connectivity index (χ1v) is 13.5. The fourth-order valence-corrected chi connectivity index (χ4v) is 7.18. The van der Waals surface area contributed by atoms with Crippen LogP contribution < -0.4 is 10.2 Å². The quantitative estimate of drug-likeness (QED) is 0.546. The van der Waals surface area contributed by atoms with Gasteiger partial charge >= 0.3 is 0 Å². The van der Waals surface area contributed by atoms with E-state index in [4.69, 9.17) is 4.74 Å². The molecule has 0 bridgehead atoms. The smallest absolute Gasteiger partial charge is 0.258 e. The molecule has 1 aromatic heterocycles. The molecule has 3 aromatic rings. The Hall–Kier alpha value is -3.03. The summed E-state index contributed by atoms with van der Waals surface area (Å²) in [5, 5.41) is 12.4. The summed E-state index contributed by atoms with van der Waals surface area (Å²) < 4.78 is 7.62. The number of nitrogens with zero attached hydrogens (tertiary/aromatic N) is 4. The molecule has 7 nitrogen and oxygen atoms in total. The lowest BCUT2D eigenvalue weighted by Crippen LogP contribution is -2.60. The van der Waals surface area contributed by atoms with Gasteiger partial charge in [0.25, 0.3) is 5.91 Å². The second-order valence-electron chi connectivity index (χ2n) is 12.3. The topological polar surface area (TPSA) is 72.3 Å². The molecule has 2 saturated carbocycles. The molecule has 1 spiro atoms. The molecule has 0 unspecified atom stereocenters. The van der Waals surface area contributed by atoms with E-state index in [2.05, 4.69) is 65.8 Å². The fraction of sp³-hybridized carbons (Fsp3) is 0.500. The molecule has 3 heterocycles. The molecular weight excluding hydrogens is 462 g/mol. The van der Waals surface area contributed by atoms with Crippen molar-refractivity contribution in [2.45, 2.75) is 70.0 Å². The van der Waals surface area contributed by atoms with Crippen molar-refractivity contribution in [3.8, 4) is 0 Å². The second-order valence-corrected chi connectivity index (χ2v) is 12.3. The largest absolute Gasteiger partial charge is 0.380 e. The predicted molar refractivity (Wildman–Crippen MR) is 141 cm³/mol. The maximum atomic E-state index is 13.7. The Bertz CT molecular complexity index is 1390. The number of rotatable bonds is 6. The first kappa shape index (κ1) is 23.1. The highest BCUT2D eigenvalue weighted by molar-refractivity contribution is 6.10. The minimum atomic E-state index is -0.201. The second kappa shape index (κ2) is 7.98. The van der Waals surface area contributed by atoms with E-state index in [-0.39, 0.29) is 22.3 Å². The SMILES string of the molecule is Cc1cc(CNC2(C)CCC2)cc2c1CN(c1cccc(C3(c4nncn4C)CC4(COC4)C3)c1)C2=O. The zero-order valence-corrected chi connectivity index (χ0v) is 22.0. The summed E-state index contributed by atoms with van der Waals surface area (Å²) in [5.74, 6) is 1.09. The average molecular weight is 498 g/mol. The minimum absolute atomic E-state index is 0.0946. The van der Waals surface area contributed by atoms with E-state index in [0.717, 1.165) is 55.2 Å². The van der Waals surface area contributed by atoms with Crippen molar-refractivity contribution < 1.29 is 9.53 Å². The van der Waals surface area contributed by atoms with Gasteiger partial charge in [-0.05, 0) is 86.4 Å². The first-order valence-electron chi connectivity index (χ1n) is 13.5. The van der Waals surface area contributed by atoms with Crippen molar-refractivity contribution in [1.29, 1.82) is 0 Å². The number of amides is 1. The number of nitrogens with one attached hydrogen (secondary N) is 1. The Morgan fingerprint density at radius 1 is 1.14 bits per heavy atom. The van der Waals surface area contributed by atoms with Crippen LogP contribution in [-0.2, 0) is 30.3 Å². The molecule has 192 valence electrons. The number of hydrogen-bond donors (Lipinski definition) is 1. The van der Waals surface area contributed by atoms with E-state index >= 15 is 0 Å². The van der Waals surface area contributed by atoms with Crippen LogP contribution in [0.4, 0.5) is 5.69 Å². The standard InChI is InChI=1S/C30H35N5O2/c1-20-10-21(13-31-28(2)8-5-9-28)11-24-25(20)14-35(26(24)36)23-7-4-6-22(12-23)30(27-33-32-19-34(27)3)15-29(16-30)17-37-18-29/h4,6-7,10-12,19,31H,5,8-9,13-18H2,1-3H3. The number of hydrogen-bond acceptors (Lipinski definition) is 5. The number of aromatic nitrogens is 3. The molecule has 7 rings (SSSR count). The lowest BCUT2D eigenvalue weighted by atomic mass is 9.49. The zero-order chi connectivity index (χ0) is 25.4. The van der Waals surface area contributed by atoms with Gasteiger partial charge in [0.2, 0.25) is 0 Å². The molecule has 0 radical (unpaired) electrons. The van der Waals surface area contributed by atoms with Crippen LogP contribution >= 0.6 is 0 Å². The predicted octanol–water partition coefficient (Wildman–Crippen LogP) is 4.41. The highest BCUT2D eigenvalue weighted by Crippen LogP contribution is 2.61. The fourth-order valence-electron chi connectivity index (χ4n) is 7.18. The lowest BCUT2D eigenvalue weighted by molar-refractivity contribution is -0.182. The number of ether oxygens (including phenoxy) is 1. The lowest BCUT2D eigenvalue weighted by Gasteiger charge is -2.59. The van der Waals surface area contributed by atoms with Gasteiger partial charge in [-0.15, -0.1) is 10.2 Å². The van der Waals surface area contributed by atoms with Gasteiger partial charge in [-0.2, -0.15) is 0 Å². The monoisotopic (exact) mass is 497 g/mol. The number of aryl methyl sites for hydroxylation is 2. The molecular formula is C30H35N5O2. The third-order valence-corrected chi connectivity index (χ3v) is 9.52. The highest BCUT2D eigenvalue weighted by atomic mass is 16.5. The van der Waals surface area contributed by atoms with Crippen LogP contribution in [-0.4, -0.2) is 39.4 Å². The number of benzene rings is 2. The Balaban J connectivity index is 1.18. The summed E-state index contributed by atoms with van der Waals surface area (Å²) in [7, 11) is 2.02. The van der Waals surface area contributed by atoms with Crippen molar-refractivity contribution >= 4 is 11.6 Å². The van der Waals surface area contributed by atoms with Gasteiger partial charge in [-0.25, -0.2) is 0 Å². The van der Waals surface area contributed by atoms with Crippen molar-refractivity contribution in [2.24, 2.45) is 12.5 Å². The van der Waals surface area contributed by atoms with Gasteiger partial charge in [-0.1, -0.05) is 18.2 Å². The molecule has 2 aliphatic heterocycles. The van der Waals surface area contributed by atoms with Gasteiger partial charge < -0.3 is 19.5 Å². The molecule has 37 heavy (non-hydrogen) atoms. The van der Waals surface area contributed by atoms with Crippen molar-refractivity contribution in [1.82, 2.24) is 20.1 Å². The van der Waals surface area contributed by atoms with Gasteiger partial charge in [0, 0.05) is 35.8 Å². The minimum Gasteiger partial charge on any atom is -0.380 e.